The van der Waals surface area contributed by atoms with Gasteiger partial charge in [-0.2, -0.15) is 5.10 Å². The Morgan fingerprint density at radius 2 is 2.28 bits per heavy atom. The molecular formula is C19H26N4O2. The first-order valence-electron chi connectivity index (χ1n) is 9.18. The minimum atomic E-state index is 0.0407. The molecule has 6 heteroatoms. The lowest BCUT2D eigenvalue weighted by Gasteiger charge is -2.50. The Morgan fingerprint density at radius 1 is 1.36 bits per heavy atom. The summed E-state index contributed by atoms with van der Waals surface area (Å²) in [5.74, 6) is 1.43. The summed E-state index contributed by atoms with van der Waals surface area (Å²) in [6.07, 6.45) is 9.82. The van der Waals surface area contributed by atoms with Crippen LogP contribution in [0, 0.1) is 5.92 Å². The normalized spacial score (nSPS) is 22.2. The molecular weight excluding hydrogens is 316 g/mol. The van der Waals surface area contributed by atoms with Crippen molar-refractivity contribution in [1.29, 1.82) is 0 Å². The molecule has 0 amide bonds. The van der Waals surface area contributed by atoms with Gasteiger partial charge in [-0.15, -0.1) is 0 Å². The third-order valence-corrected chi connectivity index (χ3v) is 5.37. The molecule has 4 heterocycles. The van der Waals surface area contributed by atoms with Gasteiger partial charge in [0.25, 0.3) is 0 Å². The van der Waals surface area contributed by atoms with E-state index in [1.165, 1.54) is 5.56 Å². The van der Waals surface area contributed by atoms with Gasteiger partial charge in [0.2, 0.25) is 0 Å². The summed E-state index contributed by atoms with van der Waals surface area (Å²) >= 11 is 0. The molecule has 2 saturated heterocycles. The zero-order chi connectivity index (χ0) is 17.1. The average Bonchev–Trinajstić information content (AvgIpc) is 3.23. The van der Waals surface area contributed by atoms with Crippen molar-refractivity contribution in [2.75, 3.05) is 26.3 Å². The fourth-order valence-corrected chi connectivity index (χ4v) is 4.04. The van der Waals surface area contributed by atoms with Gasteiger partial charge in [-0.3, -0.25) is 14.6 Å². The highest BCUT2D eigenvalue weighted by atomic mass is 16.5. The fourth-order valence-electron chi connectivity index (χ4n) is 4.04. The summed E-state index contributed by atoms with van der Waals surface area (Å²) in [4.78, 5) is 6.54. The fraction of sp³-hybridized carbons (Fsp3) is 0.579. The summed E-state index contributed by atoms with van der Waals surface area (Å²) in [5.41, 5.74) is 1.32. The van der Waals surface area contributed by atoms with Crippen molar-refractivity contribution in [3.8, 4) is 5.75 Å². The van der Waals surface area contributed by atoms with Crippen molar-refractivity contribution >= 4 is 0 Å². The van der Waals surface area contributed by atoms with Gasteiger partial charge in [-0.1, -0.05) is 0 Å². The molecule has 4 rings (SSSR count). The maximum atomic E-state index is 6.16. The van der Waals surface area contributed by atoms with E-state index in [0.717, 1.165) is 58.0 Å². The lowest BCUT2D eigenvalue weighted by Crippen LogP contribution is -2.64. The molecule has 2 aliphatic rings. The molecule has 2 aromatic rings. The van der Waals surface area contributed by atoms with Crippen molar-refractivity contribution in [3.63, 3.8) is 0 Å². The van der Waals surface area contributed by atoms with Crippen LogP contribution < -0.4 is 4.74 Å². The smallest absolute Gasteiger partial charge is 0.137 e. The first kappa shape index (κ1) is 16.5. The number of ether oxygens (including phenoxy) is 2. The van der Waals surface area contributed by atoms with Crippen LogP contribution >= 0.6 is 0 Å². The molecule has 1 atom stereocenters. The summed E-state index contributed by atoms with van der Waals surface area (Å²) in [6.45, 7) is 7.63. The lowest BCUT2D eigenvalue weighted by atomic mass is 9.79. The minimum Gasteiger partial charge on any atom is -0.492 e. The highest BCUT2D eigenvalue weighted by molar-refractivity contribution is 5.15. The van der Waals surface area contributed by atoms with Crippen molar-refractivity contribution in [1.82, 2.24) is 19.7 Å². The van der Waals surface area contributed by atoms with Crippen LogP contribution in [0.5, 0.6) is 5.75 Å². The molecule has 0 radical (unpaired) electrons. The number of likely N-dealkylation sites (tertiary alicyclic amines) is 1. The van der Waals surface area contributed by atoms with E-state index in [1.807, 2.05) is 23.0 Å². The molecule has 0 unspecified atom stereocenters. The highest BCUT2D eigenvalue weighted by Gasteiger charge is 2.52. The summed E-state index contributed by atoms with van der Waals surface area (Å²) in [7, 11) is 0. The number of pyridine rings is 1. The first-order chi connectivity index (χ1) is 12.3. The number of aryl methyl sites for hydroxylation is 1. The van der Waals surface area contributed by atoms with Crippen LogP contribution in [0.25, 0.3) is 0 Å². The van der Waals surface area contributed by atoms with Crippen LogP contribution in [0.15, 0.2) is 36.9 Å². The maximum absolute atomic E-state index is 6.16. The van der Waals surface area contributed by atoms with Gasteiger partial charge in [0.15, 0.2) is 0 Å². The maximum Gasteiger partial charge on any atom is 0.137 e. The topological polar surface area (TPSA) is 52.4 Å². The van der Waals surface area contributed by atoms with Crippen LogP contribution in [0.1, 0.15) is 25.3 Å². The second-order valence-electron chi connectivity index (χ2n) is 7.07. The largest absolute Gasteiger partial charge is 0.492 e. The second-order valence-corrected chi connectivity index (χ2v) is 7.07. The molecule has 134 valence electrons. The van der Waals surface area contributed by atoms with Crippen LogP contribution in [0.4, 0.5) is 0 Å². The number of nitrogens with zero attached hydrogens (tertiary/aromatic N) is 4. The monoisotopic (exact) mass is 342 g/mol. The zero-order valence-corrected chi connectivity index (χ0v) is 14.8. The Bertz CT molecular complexity index is 682. The average molecular weight is 342 g/mol. The third kappa shape index (κ3) is 3.55. The Kier molecular flexibility index (Phi) is 4.72. The summed E-state index contributed by atoms with van der Waals surface area (Å²) in [5, 5.41) is 4.36. The van der Waals surface area contributed by atoms with Gasteiger partial charge < -0.3 is 9.47 Å². The van der Waals surface area contributed by atoms with Crippen LogP contribution in [0.2, 0.25) is 0 Å². The van der Waals surface area contributed by atoms with Crippen LogP contribution in [-0.2, 0) is 17.8 Å². The van der Waals surface area contributed by atoms with Crippen LogP contribution in [0.3, 0.4) is 0 Å². The molecule has 0 aromatic carbocycles. The number of rotatable bonds is 7. The predicted molar refractivity (Wildman–Crippen MR) is 94.3 cm³/mol. The Hall–Kier alpha value is -1.92. The quantitative estimate of drug-likeness (QED) is 0.773. The van der Waals surface area contributed by atoms with Gasteiger partial charge in [0.1, 0.15) is 5.75 Å². The summed E-state index contributed by atoms with van der Waals surface area (Å²) < 4.78 is 14.0. The molecule has 2 aliphatic heterocycles. The predicted octanol–water partition coefficient (Wildman–Crippen LogP) is 2.36. The minimum absolute atomic E-state index is 0.0407. The molecule has 25 heavy (non-hydrogen) atoms. The Morgan fingerprint density at radius 3 is 3.04 bits per heavy atom. The van der Waals surface area contributed by atoms with E-state index >= 15 is 0 Å². The standard InChI is InChI=1S/C19H26N4O2/c1-2-23-13-16(10-21-23)12-22-14-19(15-22)17(6-9-25-19)5-8-24-18-4-3-7-20-11-18/h3-4,7,10-11,13,17H,2,5-6,8-9,12,14-15H2,1H3/t17-/m1/s1. The van der Waals surface area contributed by atoms with E-state index in [0.29, 0.717) is 5.92 Å². The molecule has 0 bridgehead atoms. The van der Waals surface area contributed by atoms with E-state index in [2.05, 4.69) is 28.1 Å². The molecule has 0 aliphatic carbocycles. The van der Waals surface area contributed by atoms with Gasteiger partial charge >= 0.3 is 0 Å². The van der Waals surface area contributed by atoms with E-state index in [1.54, 1.807) is 12.4 Å². The van der Waals surface area contributed by atoms with Crippen LogP contribution in [-0.4, -0.2) is 51.6 Å². The number of aromatic nitrogens is 3. The first-order valence-corrected chi connectivity index (χ1v) is 9.18. The van der Waals surface area contributed by atoms with Gasteiger partial charge in [0, 0.05) is 50.7 Å². The van der Waals surface area contributed by atoms with Crippen molar-refractivity contribution < 1.29 is 9.47 Å². The SMILES string of the molecule is CCn1cc(CN2CC3(C2)OCC[C@H]3CCOc2cccnc2)cn1. The Balaban J connectivity index is 1.26. The van der Waals surface area contributed by atoms with Gasteiger partial charge in [-0.05, 0) is 37.8 Å². The number of hydrogen-bond donors (Lipinski definition) is 0. The lowest BCUT2D eigenvalue weighted by molar-refractivity contribution is -0.138. The van der Waals surface area contributed by atoms with Crippen molar-refractivity contribution in [3.05, 3.63) is 42.5 Å². The molecule has 6 nitrogen and oxygen atoms in total. The zero-order valence-electron chi connectivity index (χ0n) is 14.8. The van der Waals surface area contributed by atoms with E-state index in [4.69, 9.17) is 9.47 Å². The summed E-state index contributed by atoms with van der Waals surface area (Å²) in [6, 6.07) is 3.86. The molecule has 0 saturated carbocycles. The number of hydrogen-bond acceptors (Lipinski definition) is 5. The van der Waals surface area contributed by atoms with E-state index in [-0.39, 0.29) is 5.60 Å². The van der Waals surface area contributed by atoms with Gasteiger partial charge in [0.05, 0.1) is 24.6 Å². The van der Waals surface area contributed by atoms with Crippen molar-refractivity contribution in [2.24, 2.45) is 5.92 Å². The molecule has 2 fully saturated rings. The second kappa shape index (κ2) is 7.14. The molecule has 1 spiro atoms. The van der Waals surface area contributed by atoms with E-state index < -0.39 is 0 Å². The van der Waals surface area contributed by atoms with Crippen molar-refractivity contribution in [2.45, 2.75) is 38.5 Å². The van der Waals surface area contributed by atoms with E-state index in [9.17, 15) is 0 Å². The third-order valence-electron chi connectivity index (χ3n) is 5.37. The molecule has 2 aromatic heterocycles. The van der Waals surface area contributed by atoms with Gasteiger partial charge in [-0.25, -0.2) is 0 Å². The molecule has 0 N–H and O–H groups in total. The highest BCUT2D eigenvalue weighted by Crippen LogP contribution is 2.42. The Labute approximate surface area is 148 Å².